The van der Waals surface area contributed by atoms with E-state index in [0.29, 0.717) is 41.9 Å². The second kappa shape index (κ2) is 11.0. The Morgan fingerprint density at radius 2 is 1.20 bits per heavy atom. The first-order valence-electron chi connectivity index (χ1n) is 11.5. The summed E-state index contributed by atoms with van der Waals surface area (Å²) in [5.41, 5.74) is 4.31. The molecule has 9 nitrogen and oxygen atoms in total. The van der Waals surface area contributed by atoms with Crippen LogP contribution in [-0.4, -0.2) is 47.7 Å². The maximum atomic E-state index is 11.3. The van der Waals surface area contributed by atoms with E-state index in [4.69, 9.17) is 28.3 Å². The van der Waals surface area contributed by atoms with Gasteiger partial charge in [0.05, 0.1) is 21.1 Å². The summed E-state index contributed by atoms with van der Waals surface area (Å²) in [4.78, 5) is 22.0. The molecule has 6 aromatic rings. The van der Waals surface area contributed by atoms with Crippen LogP contribution in [0.3, 0.4) is 0 Å². The maximum absolute atomic E-state index is 11.3. The Kier molecular flexibility index (Phi) is 7.49. The van der Waals surface area contributed by atoms with Gasteiger partial charge in [0.25, 0.3) is 0 Å². The molecule has 200 valence electrons. The Labute approximate surface area is 244 Å². The third-order valence-corrected chi connectivity index (χ3v) is 7.58. The van der Waals surface area contributed by atoms with Crippen LogP contribution in [0.2, 0.25) is 10.0 Å². The molecule has 0 radical (unpaired) electrons. The van der Waals surface area contributed by atoms with Crippen LogP contribution in [0.1, 0.15) is 21.0 Å². The first-order chi connectivity index (χ1) is 19.1. The van der Waals surface area contributed by atoms with Gasteiger partial charge in [0.2, 0.25) is 0 Å². The Balaban J connectivity index is 0.000000194. The largest absolute Gasteiger partial charge is 0.507 e. The van der Waals surface area contributed by atoms with Gasteiger partial charge in [-0.05, 0) is 57.4 Å². The van der Waals surface area contributed by atoms with E-state index in [1.807, 2.05) is 36.4 Å². The Hall–Kier alpha value is -4.38. The Morgan fingerprint density at radius 1 is 0.700 bits per heavy atom. The lowest BCUT2D eigenvalue weighted by Crippen LogP contribution is -1.96. The summed E-state index contributed by atoms with van der Waals surface area (Å²) in [7, 11) is 0. The zero-order valence-electron chi connectivity index (χ0n) is 20.1. The zero-order valence-corrected chi connectivity index (χ0v) is 23.2. The lowest BCUT2D eigenvalue weighted by molar-refractivity contribution is 0.0681. The van der Waals surface area contributed by atoms with E-state index in [1.54, 1.807) is 36.4 Å². The van der Waals surface area contributed by atoms with Crippen LogP contribution in [0.5, 0.6) is 5.75 Å². The highest BCUT2D eigenvalue weighted by Crippen LogP contribution is 2.35. The van der Waals surface area contributed by atoms with Crippen molar-refractivity contribution in [2.75, 3.05) is 0 Å². The van der Waals surface area contributed by atoms with Gasteiger partial charge in [-0.25, -0.2) is 9.59 Å². The number of fused-ring (bicyclic) bond motifs is 2. The van der Waals surface area contributed by atoms with Gasteiger partial charge in [-0.15, -0.1) is 0 Å². The number of H-pyrrole nitrogens is 2. The number of rotatable bonds is 4. The molecule has 0 unspecified atom stereocenters. The molecule has 0 aliphatic carbocycles. The lowest BCUT2D eigenvalue weighted by Gasteiger charge is -2.08. The second-order valence-electron chi connectivity index (χ2n) is 8.54. The van der Waals surface area contributed by atoms with Crippen molar-refractivity contribution >= 4 is 72.9 Å². The summed E-state index contributed by atoms with van der Waals surface area (Å²) in [5.74, 6) is -1.95. The Bertz CT molecular complexity index is 1920. The minimum absolute atomic E-state index is 0.00244. The average molecular weight is 640 g/mol. The SMILES string of the molecule is O=C(O)c1n[nH]c2cc(Cl)c(-c3ccc(-c4ccccc4O)cc3)cc12.O=C(O)c1n[nH]c2cc(Cl)c(Br)cc12. The molecule has 0 bridgehead atoms. The van der Waals surface area contributed by atoms with Crippen molar-refractivity contribution in [1.82, 2.24) is 20.4 Å². The third kappa shape index (κ3) is 5.24. The van der Waals surface area contributed by atoms with Gasteiger partial charge in [-0.2, -0.15) is 10.2 Å². The van der Waals surface area contributed by atoms with Crippen molar-refractivity contribution in [3.8, 4) is 28.0 Å². The summed E-state index contributed by atoms with van der Waals surface area (Å²) in [6.45, 7) is 0. The summed E-state index contributed by atoms with van der Waals surface area (Å²) in [6, 6.07) is 21.3. The van der Waals surface area contributed by atoms with E-state index in [-0.39, 0.29) is 17.1 Å². The van der Waals surface area contributed by atoms with Gasteiger partial charge in [0.1, 0.15) is 5.75 Å². The third-order valence-electron chi connectivity index (χ3n) is 6.07. The number of carboxylic acid groups (broad SMARTS) is 2. The molecule has 6 rings (SSSR count). The highest BCUT2D eigenvalue weighted by Gasteiger charge is 2.16. The van der Waals surface area contributed by atoms with Crippen LogP contribution in [-0.2, 0) is 0 Å². The van der Waals surface area contributed by atoms with Crippen molar-refractivity contribution in [3.05, 3.63) is 98.7 Å². The number of phenolic OH excluding ortho intramolecular Hbond substituents is 1. The number of hydrogen-bond donors (Lipinski definition) is 5. The molecule has 2 heterocycles. The number of nitrogens with one attached hydrogen (secondary N) is 2. The van der Waals surface area contributed by atoms with Crippen LogP contribution in [0, 0.1) is 0 Å². The van der Waals surface area contributed by atoms with E-state index in [1.165, 1.54) is 0 Å². The molecule has 0 saturated heterocycles. The van der Waals surface area contributed by atoms with Crippen molar-refractivity contribution < 1.29 is 24.9 Å². The van der Waals surface area contributed by atoms with Gasteiger partial charge < -0.3 is 15.3 Å². The number of aromatic hydroxyl groups is 1. The first-order valence-corrected chi connectivity index (χ1v) is 13.0. The molecule has 0 saturated carbocycles. The van der Waals surface area contributed by atoms with E-state index < -0.39 is 11.9 Å². The number of benzene rings is 4. The summed E-state index contributed by atoms with van der Waals surface area (Å²) < 4.78 is 0.649. The molecule has 0 atom stereocenters. The number of aromatic nitrogens is 4. The molecule has 2 aromatic heterocycles. The van der Waals surface area contributed by atoms with Gasteiger partial charge in [0, 0.05) is 26.4 Å². The smallest absolute Gasteiger partial charge is 0.357 e. The standard InChI is InChI=1S/C20H13ClN2O3.C8H4BrClN2O2/c21-16-10-17-15(19(20(25)26)23-22-17)9-14(16)12-7-5-11(6-8-12)13-3-1-2-4-18(13)24;9-4-1-3-6(2-5(4)10)11-12-7(3)8(13)14/h1-10,24H,(H,22,23)(H,25,26);1-2H,(H,11,12)(H,13,14). The predicted octanol–water partition coefficient (Wildman–Crippen LogP) is 7.63. The number of aromatic carboxylic acids is 2. The summed E-state index contributed by atoms with van der Waals surface area (Å²) >= 11 is 15.4. The number of carbonyl (C=O) groups is 2. The highest BCUT2D eigenvalue weighted by atomic mass is 79.9. The molecule has 40 heavy (non-hydrogen) atoms. The average Bonchev–Trinajstić information content (AvgIpc) is 3.53. The van der Waals surface area contributed by atoms with Crippen molar-refractivity contribution in [3.63, 3.8) is 0 Å². The molecule has 12 heteroatoms. The normalized spacial score (nSPS) is 10.9. The molecule has 0 amide bonds. The van der Waals surface area contributed by atoms with Crippen molar-refractivity contribution in [2.24, 2.45) is 0 Å². The van der Waals surface area contributed by atoms with Crippen LogP contribution in [0.15, 0.2) is 77.3 Å². The van der Waals surface area contributed by atoms with E-state index >= 15 is 0 Å². The van der Waals surface area contributed by atoms with Crippen LogP contribution in [0.4, 0.5) is 0 Å². The zero-order chi connectivity index (χ0) is 28.6. The lowest BCUT2D eigenvalue weighted by atomic mass is 9.98. The minimum Gasteiger partial charge on any atom is -0.507 e. The van der Waals surface area contributed by atoms with Crippen LogP contribution in [0.25, 0.3) is 44.1 Å². The molecule has 0 aliphatic rings. The first kappa shape index (κ1) is 27.2. The highest BCUT2D eigenvalue weighted by molar-refractivity contribution is 9.10. The molecule has 5 N–H and O–H groups in total. The van der Waals surface area contributed by atoms with Crippen molar-refractivity contribution in [2.45, 2.75) is 0 Å². The number of phenols is 1. The molecular weight excluding hydrogens is 623 g/mol. The van der Waals surface area contributed by atoms with Gasteiger partial charge >= 0.3 is 11.9 Å². The number of para-hydroxylation sites is 1. The molecular formula is C28H17BrCl2N4O5. The number of aromatic amines is 2. The van der Waals surface area contributed by atoms with Crippen LogP contribution < -0.4 is 0 Å². The molecule has 4 aromatic carbocycles. The molecule has 0 aliphatic heterocycles. The number of carboxylic acids is 2. The number of hydrogen-bond acceptors (Lipinski definition) is 5. The fraction of sp³-hybridized carbons (Fsp3) is 0. The van der Waals surface area contributed by atoms with E-state index in [9.17, 15) is 19.8 Å². The topological polar surface area (TPSA) is 152 Å². The fourth-order valence-electron chi connectivity index (χ4n) is 4.14. The number of nitrogens with zero attached hydrogens (tertiary/aromatic N) is 2. The second-order valence-corrected chi connectivity index (χ2v) is 10.2. The predicted molar refractivity (Wildman–Crippen MR) is 156 cm³/mol. The van der Waals surface area contributed by atoms with E-state index in [2.05, 4.69) is 36.3 Å². The van der Waals surface area contributed by atoms with E-state index in [0.717, 1.165) is 16.7 Å². The van der Waals surface area contributed by atoms with Crippen LogP contribution >= 0.6 is 39.1 Å². The van der Waals surface area contributed by atoms with Gasteiger partial charge in [0.15, 0.2) is 11.4 Å². The minimum atomic E-state index is -1.10. The fourth-order valence-corrected chi connectivity index (χ4v) is 4.92. The van der Waals surface area contributed by atoms with Gasteiger partial charge in [-0.3, -0.25) is 10.2 Å². The molecule has 0 fully saturated rings. The van der Waals surface area contributed by atoms with Gasteiger partial charge in [-0.1, -0.05) is 65.7 Å². The quantitative estimate of drug-likeness (QED) is 0.133. The Morgan fingerprint density at radius 3 is 1.75 bits per heavy atom. The number of halogens is 3. The maximum Gasteiger partial charge on any atom is 0.357 e. The summed E-state index contributed by atoms with van der Waals surface area (Å²) in [6.07, 6.45) is 0. The molecule has 0 spiro atoms. The van der Waals surface area contributed by atoms with Crippen molar-refractivity contribution in [1.29, 1.82) is 0 Å². The summed E-state index contributed by atoms with van der Waals surface area (Å²) in [5, 5.41) is 42.9. The monoisotopic (exact) mass is 638 g/mol.